The van der Waals surface area contributed by atoms with Gasteiger partial charge in [0.25, 0.3) is 5.91 Å². The average Bonchev–Trinajstić information content (AvgIpc) is 2.81. The van der Waals surface area contributed by atoms with E-state index in [1.54, 1.807) is 30.5 Å². The highest BCUT2D eigenvalue weighted by Gasteiger charge is 2.19. The molecule has 6 heteroatoms. The maximum Gasteiger partial charge on any atom is 0.251 e. The second kappa shape index (κ2) is 11.3. The van der Waals surface area contributed by atoms with Crippen LogP contribution in [0.15, 0.2) is 90.0 Å². The molecule has 0 bridgehead atoms. The van der Waals surface area contributed by atoms with E-state index in [4.69, 9.17) is 4.74 Å². The average molecular weight is 415 g/mol. The molecule has 0 saturated carbocycles. The smallest absolute Gasteiger partial charge is 0.251 e. The summed E-state index contributed by atoms with van der Waals surface area (Å²) < 4.78 is 5.40. The molecular formula is C25H25N3O3. The van der Waals surface area contributed by atoms with E-state index in [-0.39, 0.29) is 18.2 Å². The van der Waals surface area contributed by atoms with Crippen LogP contribution in [0.2, 0.25) is 0 Å². The summed E-state index contributed by atoms with van der Waals surface area (Å²) in [5.74, 6) is 0.244. The van der Waals surface area contributed by atoms with E-state index in [9.17, 15) is 9.59 Å². The van der Waals surface area contributed by atoms with Crippen molar-refractivity contribution < 1.29 is 14.3 Å². The van der Waals surface area contributed by atoms with E-state index < -0.39 is 6.04 Å². The van der Waals surface area contributed by atoms with Gasteiger partial charge in [0.1, 0.15) is 5.75 Å². The van der Waals surface area contributed by atoms with Gasteiger partial charge in [0.15, 0.2) is 0 Å². The molecule has 1 atom stereocenters. The Bertz CT molecular complexity index is 1000. The number of ether oxygens (including phenoxy) is 1. The minimum absolute atomic E-state index is 0.0587. The van der Waals surface area contributed by atoms with Crippen LogP contribution >= 0.6 is 0 Å². The van der Waals surface area contributed by atoms with Crippen LogP contribution in [0.25, 0.3) is 0 Å². The van der Waals surface area contributed by atoms with Gasteiger partial charge in [0.05, 0.1) is 25.3 Å². The predicted molar refractivity (Wildman–Crippen MR) is 121 cm³/mol. The van der Waals surface area contributed by atoms with Crippen molar-refractivity contribution in [2.24, 2.45) is 5.10 Å². The Balaban J connectivity index is 1.62. The largest absolute Gasteiger partial charge is 0.494 e. The Morgan fingerprint density at radius 2 is 1.58 bits per heavy atom. The molecule has 2 amide bonds. The molecule has 0 heterocycles. The first kappa shape index (κ1) is 21.8. The van der Waals surface area contributed by atoms with Crippen molar-refractivity contribution in [1.29, 1.82) is 0 Å². The van der Waals surface area contributed by atoms with Gasteiger partial charge in [0, 0.05) is 5.56 Å². The van der Waals surface area contributed by atoms with Crippen LogP contribution in [-0.2, 0) is 4.79 Å². The number of rotatable bonds is 9. The molecule has 0 unspecified atom stereocenters. The van der Waals surface area contributed by atoms with Crippen molar-refractivity contribution in [2.45, 2.75) is 19.4 Å². The molecule has 31 heavy (non-hydrogen) atoms. The molecule has 0 radical (unpaired) electrons. The SMILES string of the molecule is CCOc1ccc(/C=N\NC(=O)C[C@@H](NC(=O)c2ccccc2)c2ccccc2)cc1. The van der Waals surface area contributed by atoms with Crippen LogP contribution in [0.5, 0.6) is 5.75 Å². The van der Waals surface area contributed by atoms with Gasteiger partial charge in [0.2, 0.25) is 5.91 Å². The van der Waals surface area contributed by atoms with Crippen LogP contribution in [0.4, 0.5) is 0 Å². The maximum atomic E-state index is 12.6. The normalized spacial score (nSPS) is 11.6. The van der Waals surface area contributed by atoms with Crippen molar-refractivity contribution in [1.82, 2.24) is 10.7 Å². The van der Waals surface area contributed by atoms with Crippen LogP contribution in [0.3, 0.4) is 0 Å². The standard InChI is InChI=1S/C25H25N3O3/c1-2-31-22-15-13-19(14-16-22)18-26-28-24(29)17-23(20-9-5-3-6-10-20)27-25(30)21-11-7-4-8-12-21/h3-16,18,23H,2,17H2,1H3,(H,27,30)(H,28,29)/b26-18-/t23-/m1/s1. The van der Waals surface area contributed by atoms with Gasteiger partial charge >= 0.3 is 0 Å². The van der Waals surface area contributed by atoms with E-state index in [0.717, 1.165) is 16.9 Å². The maximum absolute atomic E-state index is 12.6. The van der Waals surface area contributed by atoms with Gasteiger partial charge in [-0.1, -0.05) is 48.5 Å². The summed E-state index contributed by atoms with van der Waals surface area (Å²) in [6, 6.07) is 25.2. The highest BCUT2D eigenvalue weighted by atomic mass is 16.5. The van der Waals surface area contributed by atoms with Gasteiger partial charge in [-0.15, -0.1) is 0 Å². The fraction of sp³-hybridized carbons (Fsp3) is 0.160. The Morgan fingerprint density at radius 3 is 2.23 bits per heavy atom. The number of hydrazone groups is 1. The number of carbonyl (C=O) groups excluding carboxylic acids is 2. The number of benzene rings is 3. The van der Waals surface area contributed by atoms with Crippen molar-refractivity contribution in [3.63, 3.8) is 0 Å². The molecule has 3 aromatic carbocycles. The van der Waals surface area contributed by atoms with Gasteiger partial charge in [-0.3, -0.25) is 9.59 Å². The molecule has 0 aromatic heterocycles. The van der Waals surface area contributed by atoms with Gasteiger partial charge < -0.3 is 10.1 Å². The summed E-state index contributed by atoms with van der Waals surface area (Å²) in [4.78, 5) is 25.1. The first-order valence-corrected chi connectivity index (χ1v) is 10.1. The Morgan fingerprint density at radius 1 is 0.935 bits per heavy atom. The lowest BCUT2D eigenvalue weighted by atomic mass is 10.0. The summed E-state index contributed by atoms with van der Waals surface area (Å²) in [7, 11) is 0. The minimum atomic E-state index is -0.477. The fourth-order valence-electron chi connectivity index (χ4n) is 3.00. The van der Waals surface area contributed by atoms with Gasteiger partial charge in [-0.05, 0) is 54.4 Å². The number of nitrogens with one attached hydrogen (secondary N) is 2. The lowest BCUT2D eigenvalue weighted by molar-refractivity contribution is -0.121. The molecule has 0 aliphatic carbocycles. The van der Waals surface area contributed by atoms with Gasteiger partial charge in [-0.2, -0.15) is 5.10 Å². The highest BCUT2D eigenvalue weighted by Crippen LogP contribution is 2.17. The third kappa shape index (κ3) is 6.82. The second-order valence-electron chi connectivity index (χ2n) is 6.80. The summed E-state index contributed by atoms with van der Waals surface area (Å²) >= 11 is 0. The zero-order chi connectivity index (χ0) is 21.9. The lowest BCUT2D eigenvalue weighted by Crippen LogP contribution is -2.32. The minimum Gasteiger partial charge on any atom is -0.494 e. The van der Waals surface area contributed by atoms with Crippen LogP contribution in [0, 0.1) is 0 Å². The lowest BCUT2D eigenvalue weighted by Gasteiger charge is -2.18. The quantitative estimate of drug-likeness (QED) is 0.408. The zero-order valence-electron chi connectivity index (χ0n) is 17.3. The molecule has 0 aliphatic rings. The molecule has 3 rings (SSSR count). The van der Waals surface area contributed by atoms with Crippen LogP contribution in [0.1, 0.15) is 40.9 Å². The Hall–Kier alpha value is -3.93. The van der Waals surface area contributed by atoms with Gasteiger partial charge in [-0.25, -0.2) is 5.43 Å². The van der Waals surface area contributed by atoms with E-state index in [2.05, 4.69) is 15.8 Å². The number of carbonyl (C=O) groups is 2. The fourth-order valence-corrected chi connectivity index (χ4v) is 3.00. The number of hydrogen-bond acceptors (Lipinski definition) is 4. The third-order valence-corrected chi connectivity index (χ3v) is 4.53. The van der Waals surface area contributed by atoms with Crippen molar-refractivity contribution in [2.75, 3.05) is 6.61 Å². The molecule has 0 saturated heterocycles. The molecule has 3 aromatic rings. The third-order valence-electron chi connectivity index (χ3n) is 4.53. The summed E-state index contributed by atoms with van der Waals surface area (Å²) in [5.41, 5.74) is 4.75. The molecule has 158 valence electrons. The van der Waals surface area contributed by atoms with Crippen LogP contribution < -0.4 is 15.5 Å². The second-order valence-corrected chi connectivity index (χ2v) is 6.80. The first-order valence-electron chi connectivity index (χ1n) is 10.1. The summed E-state index contributed by atoms with van der Waals surface area (Å²) in [6.45, 7) is 2.53. The number of amides is 2. The molecule has 0 fully saturated rings. The Kier molecular flexibility index (Phi) is 7.94. The topological polar surface area (TPSA) is 79.8 Å². The monoisotopic (exact) mass is 415 g/mol. The van der Waals surface area contributed by atoms with E-state index >= 15 is 0 Å². The van der Waals surface area contributed by atoms with E-state index in [1.807, 2.05) is 67.6 Å². The highest BCUT2D eigenvalue weighted by molar-refractivity contribution is 5.94. The van der Waals surface area contributed by atoms with E-state index in [1.165, 1.54) is 0 Å². The molecule has 0 aliphatic heterocycles. The van der Waals surface area contributed by atoms with E-state index in [0.29, 0.717) is 12.2 Å². The van der Waals surface area contributed by atoms with Crippen LogP contribution in [-0.4, -0.2) is 24.6 Å². The molecular weight excluding hydrogens is 390 g/mol. The Labute approximate surface area is 182 Å². The summed E-state index contributed by atoms with van der Waals surface area (Å²) in [6.07, 6.45) is 1.62. The van der Waals surface area contributed by atoms with Crippen molar-refractivity contribution in [3.05, 3.63) is 102 Å². The van der Waals surface area contributed by atoms with Crippen molar-refractivity contribution in [3.8, 4) is 5.75 Å². The zero-order valence-corrected chi connectivity index (χ0v) is 17.3. The summed E-state index contributed by atoms with van der Waals surface area (Å²) in [5, 5.41) is 6.96. The number of hydrogen-bond donors (Lipinski definition) is 2. The molecule has 6 nitrogen and oxygen atoms in total. The molecule has 0 spiro atoms. The van der Waals surface area contributed by atoms with Crippen molar-refractivity contribution >= 4 is 18.0 Å². The predicted octanol–water partition coefficient (Wildman–Crippen LogP) is 4.10. The first-order chi connectivity index (χ1) is 15.2. The molecule has 2 N–H and O–H groups in total. The number of nitrogens with zero attached hydrogens (tertiary/aromatic N) is 1.